The summed E-state index contributed by atoms with van der Waals surface area (Å²) in [5.41, 5.74) is 4.08. The van der Waals surface area contributed by atoms with Crippen molar-refractivity contribution in [1.82, 2.24) is 20.2 Å². The molecule has 0 radical (unpaired) electrons. The number of hydrogen-bond donors (Lipinski definition) is 3. The quantitative estimate of drug-likeness (QED) is 0.341. The van der Waals surface area contributed by atoms with Crippen molar-refractivity contribution < 1.29 is 30.5 Å². The van der Waals surface area contributed by atoms with Crippen molar-refractivity contribution >= 4 is 16.9 Å². The monoisotopic (exact) mass is 491 g/mol. The predicted molar refractivity (Wildman–Crippen MR) is 109 cm³/mol. The highest BCUT2D eigenvalue weighted by molar-refractivity contribution is 5.91. The van der Waals surface area contributed by atoms with Crippen LogP contribution in [0.3, 0.4) is 0 Å². The molecule has 1 aliphatic heterocycles. The van der Waals surface area contributed by atoms with E-state index in [0.717, 1.165) is 53.3 Å². The highest BCUT2D eigenvalue weighted by Crippen LogP contribution is 2.31. The molecule has 0 saturated carbocycles. The van der Waals surface area contributed by atoms with Crippen molar-refractivity contribution in [3.8, 4) is 11.4 Å². The lowest BCUT2D eigenvalue weighted by Crippen LogP contribution is -3.00. The average molecular weight is 491 g/mol. The Balaban J connectivity index is 0.00000150. The molecule has 0 spiro atoms. The zero-order valence-corrected chi connectivity index (χ0v) is 18.1. The molecule has 0 aliphatic carbocycles. The van der Waals surface area contributed by atoms with Crippen molar-refractivity contribution in [2.75, 3.05) is 13.1 Å². The molecule has 3 aromatic rings. The largest absolute Gasteiger partial charge is 1.00 e. The van der Waals surface area contributed by atoms with Crippen LogP contribution in [0.25, 0.3) is 22.3 Å². The number of guanidine groups is 1. The van der Waals surface area contributed by atoms with E-state index in [1.54, 1.807) is 6.20 Å². The molecular weight excluding hydrogens is 465 g/mol. The first-order chi connectivity index (χ1) is 13.3. The second-order valence-electron chi connectivity index (χ2n) is 6.77. The summed E-state index contributed by atoms with van der Waals surface area (Å²) in [6.07, 6.45) is 2.83. The highest BCUT2D eigenvalue weighted by Gasteiger charge is 2.25. The number of aromatic amines is 1. The lowest BCUT2D eigenvalue weighted by Gasteiger charge is -2.30. The van der Waals surface area contributed by atoms with E-state index < -0.39 is 6.23 Å². The van der Waals surface area contributed by atoms with E-state index >= 15 is 0 Å². The van der Waals surface area contributed by atoms with Gasteiger partial charge in [-0.1, -0.05) is 37.6 Å². The minimum absolute atomic E-state index is 0. The number of hydrogen-bond acceptors (Lipinski definition) is 5. The summed E-state index contributed by atoms with van der Waals surface area (Å²) in [6, 6.07) is 14.2. The van der Waals surface area contributed by atoms with Crippen LogP contribution in [-0.4, -0.2) is 45.3 Å². The van der Waals surface area contributed by atoms with Gasteiger partial charge in [0.25, 0.3) is 0 Å². The molecule has 6 nitrogen and oxygen atoms in total. The van der Waals surface area contributed by atoms with Gasteiger partial charge in [0, 0.05) is 29.2 Å². The summed E-state index contributed by atoms with van der Waals surface area (Å²) in [5.74, 6) is 0.771. The SMILES string of the molecule is CCCC(O)N(Cc1c(-c2ccccn2)[nH]c2ccccc12)C1=NCCN1.[H+].[I-]. The third-order valence-corrected chi connectivity index (χ3v) is 4.90. The van der Waals surface area contributed by atoms with E-state index in [1.807, 2.05) is 35.2 Å². The van der Waals surface area contributed by atoms with Gasteiger partial charge >= 0.3 is 1.43 Å². The Morgan fingerprint density at radius 1 is 1.21 bits per heavy atom. The Hall–Kier alpha value is -2.13. The van der Waals surface area contributed by atoms with Crippen LogP contribution in [0.2, 0.25) is 0 Å². The number of aliphatic hydroxyl groups is 1. The zero-order chi connectivity index (χ0) is 18.6. The first kappa shape index (κ1) is 20.6. The number of H-pyrrole nitrogens is 1. The molecule has 148 valence electrons. The molecule has 7 heteroatoms. The molecule has 1 unspecified atom stereocenters. The molecular formula is C21H26IN5O. The molecule has 0 bridgehead atoms. The predicted octanol–water partition coefficient (Wildman–Crippen LogP) is 0.226. The van der Waals surface area contributed by atoms with Gasteiger partial charge < -0.3 is 44.3 Å². The summed E-state index contributed by atoms with van der Waals surface area (Å²) >= 11 is 0. The number of para-hydroxylation sites is 1. The van der Waals surface area contributed by atoms with Crippen LogP contribution >= 0.6 is 0 Å². The van der Waals surface area contributed by atoms with E-state index in [0.29, 0.717) is 13.0 Å². The summed E-state index contributed by atoms with van der Waals surface area (Å²) in [7, 11) is 0. The van der Waals surface area contributed by atoms with Gasteiger partial charge in [0.05, 0.1) is 24.5 Å². The standard InChI is InChI=1S/C21H25N5O.HI/c1-2-7-19(27)26(21-23-12-13-24-21)14-16-15-8-3-4-9-17(15)25-20(16)18-10-5-6-11-22-18;/h3-6,8-11,19,25,27H,2,7,12-14H2,1H3,(H,23,24);1H. The fourth-order valence-electron chi connectivity index (χ4n) is 3.58. The van der Waals surface area contributed by atoms with Crippen molar-refractivity contribution in [2.45, 2.75) is 32.5 Å². The molecule has 1 atom stereocenters. The number of aliphatic imine (C=N–C) groups is 1. The Bertz CT molecular complexity index is 947. The van der Waals surface area contributed by atoms with Gasteiger partial charge in [0.15, 0.2) is 5.96 Å². The van der Waals surface area contributed by atoms with Crippen molar-refractivity contribution in [3.05, 3.63) is 54.2 Å². The number of nitrogens with one attached hydrogen (secondary N) is 2. The minimum Gasteiger partial charge on any atom is -1.00 e. The second kappa shape index (κ2) is 9.38. The average Bonchev–Trinajstić information content (AvgIpc) is 3.35. The van der Waals surface area contributed by atoms with Crippen molar-refractivity contribution in [1.29, 1.82) is 0 Å². The number of halogens is 1. The lowest BCUT2D eigenvalue weighted by molar-refractivity contribution is -0.0000138. The Morgan fingerprint density at radius 2 is 2.04 bits per heavy atom. The molecule has 0 saturated heterocycles. The van der Waals surface area contributed by atoms with Gasteiger partial charge in [0.1, 0.15) is 6.23 Å². The normalized spacial score (nSPS) is 14.3. The van der Waals surface area contributed by atoms with E-state index in [2.05, 4.69) is 39.3 Å². The number of nitrogens with zero attached hydrogens (tertiary/aromatic N) is 3. The Kier molecular flexibility index (Phi) is 6.90. The second-order valence-corrected chi connectivity index (χ2v) is 6.77. The van der Waals surface area contributed by atoms with Gasteiger partial charge in [0.2, 0.25) is 0 Å². The lowest BCUT2D eigenvalue weighted by atomic mass is 10.1. The van der Waals surface area contributed by atoms with Crippen LogP contribution in [0.15, 0.2) is 53.7 Å². The van der Waals surface area contributed by atoms with E-state index in [9.17, 15) is 5.11 Å². The van der Waals surface area contributed by atoms with Gasteiger partial charge in [-0.25, -0.2) is 0 Å². The summed E-state index contributed by atoms with van der Waals surface area (Å²) in [4.78, 5) is 14.6. The fraction of sp³-hybridized carbons (Fsp3) is 0.333. The Morgan fingerprint density at radius 3 is 2.75 bits per heavy atom. The minimum atomic E-state index is -0.579. The first-order valence-corrected chi connectivity index (χ1v) is 9.52. The fourth-order valence-corrected chi connectivity index (χ4v) is 3.58. The molecule has 0 amide bonds. The number of pyridine rings is 1. The maximum Gasteiger partial charge on any atom is 1.00 e. The van der Waals surface area contributed by atoms with E-state index in [1.165, 1.54) is 0 Å². The number of aliphatic hydroxyl groups excluding tert-OH is 1. The maximum atomic E-state index is 10.8. The molecule has 1 aliphatic rings. The molecule has 3 heterocycles. The van der Waals surface area contributed by atoms with Gasteiger partial charge in [-0.2, -0.15) is 0 Å². The molecule has 2 aromatic heterocycles. The molecule has 1 aromatic carbocycles. The molecule has 28 heavy (non-hydrogen) atoms. The number of aromatic nitrogens is 2. The highest BCUT2D eigenvalue weighted by atomic mass is 127. The number of rotatable bonds is 6. The van der Waals surface area contributed by atoms with Gasteiger partial charge in [-0.15, -0.1) is 0 Å². The van der Waals surface area contributed by atoms with Crippen LogP contribution in [-0.2, 0) is 6.54 Å². The third-order valence-electron chi connectivity index (χ3n) is 4.90. The Labute approximate surface area is 183 Å². The van der Waals surface area contributed by atoms with Crippen LogP contribution in [0.4, 0.5) is 0 Å². The van der Waals surface area contributed by atoms with Crippen LogP contribution in [0, 0.1) is 0 Å². The van der Waals surface area contributed by atoms with E-state index in [4.69, 9.17) is 0 Å². The van der Waals surface area contributed by atoms with Crippen LogP contribution in [0.5, 0.6) is 0 Å². The summed E-state index contributed by atoms with van der Waals surface area (Å²) in [5, 5.41) is 15.2. The van der Waals surface area contributed by atoms with Gasteiger partial charge in [-0.3, -0.25) is 9.98 Å². The zero-order valence-electron chi connectivity index (χ0n) is 16.9. The van der Waals surface area contributed by atoms with E-state index in [-0.39, 0.29) is 25.4 Å². The number of fused-ring (bicyclic) bond motifs is 1. The smallest absolute Gasteiger partial charge is 1.00 e. The first-order valence-electron chi connectivity index (χ1n) is 9.52. The topological polar surface area (TPSA) is 76.5 Å². The van der Waals surface area contributed by atoms with Crippen molar-refractivity contribution in [3.63, 3.8) is 0 Å². The number of benzene rings is 1. The van der Waals surface area contributed by atoms with Crippen LogP contribution < -0.4 is 29.3 Å². The maximum absolute atomic E-state index is 10.8. The molecule has 3 N–H and O–H groups in total. The third kappa shape index (κ3) is 4.15. The van der Waals surface area contributed by atoms with Crippen molar-refractivity contribution in [2.24, 2.45) is 4.99 Å². The van der Waals surface area contributed by atoms with Gasteiger partial charge in [-0.05, 0) is 24.6 Å². The summed E-state index contributed by atoms with van der Waals surface area (Å²) in [6.45, 7) is 4.19. The molecule has 0 fully saturated rings. The molecule has 4 rings (SSSR count). The summed E-state index contributed by atoms with van der Waals surface area (Å²) < 4.78 is 0. The van der Waals surface area contributed by atoms with Crippen LogP contribution in [0.1, 0.15) is 26.8 Å².